The number of halogens is 2. The molecule has 1 spiro atoms. The van der Waals surface area contributed by atoms with Crippen molar-refractivity contribution in [1.82, 2.24) is 21.1 Å². The molecule has 5 nitrogen and oxygen atoms in total. The second-order valence-electron chi connectivity index (χ2n) is 7.43. The molecule has 1 aromatic carbocycles. The van der Waals surface area contributed by atoms with Gasteiger partial charge in [-0.05, 0) is 55.3 Å². The second kappa shape index (κ2) is 7.58. The fraction of sp³-hybridized carbons (Fsp3) is 0.611. The molecule has 2 unspecified atom stereocenters. The first-order valence-corrected chi connectivity index (χ1v) is 8.91. The summed E-state index contributed by atoms with van der Waals surface area (Å²) in [4.78, 5) is 14.8. The molecule has 3 fully saturated rings. The van der Waals surface area contributed by atoms with Gasteiger partial charge >= 0.3 is 0 Å². The molecule has 3 heterocycles. The number of benzene rings is 1. The summed E-state index contributed by atoms with van der Waals surface area (Å²) in [6.45, 7) is 3.94. The Balaban J connectivity index is 0.00000182. The van der Waals surface area contributed by atoms with E-state index in [9.17, 15) is 9.18 Å². The molecule has 25 heavy (non-hydrogen) atoms. The summed E-state index contributed by atoms with van der Waals surface area (Å²) < 4.78 is 13.0. The average Bonchev–Trinajstić information content (AvgIpc) is 3.26. The number of carbonyl (C=O) groups excluding carboxylic acids is 1. The fourth-order valence-corrected chi connectivity index (χ4v) is 4.28. The van der Waals surface area contributed by atoms with Crippen molar-refractivity contribution in [3.8, 4) is 0 Å². The highest BCUT2D eigenvalue weighted by molar-refractivity contribution is 5.85. The van der Waals surface area contributed by atoms with Crippen molar-refractivity contribution in [2.45, 2.75) is 37.8 Å². The van der Waals surface area contributed by atoms with Crippen LogP contribution in [0.1, 0.15) is 37.3 Å². The Morgan fingerprint density at radius 3 is 2.48 bits per heavy atom. The van der Waals surface area contributed by atoms with Gasteiger partial charge in [0.2, 0.25) is 5.91 Å². The van der Waals surface area contributed by atoms with E-state index in [1.54, 1.807) is 12.1 Å². The van der Waals surface area contributed by atoms with Crippen molar-refractivity contribution >= 4 is 18.3 Å². The molecular weight excluding hydrogens is 343 g/mol. The molecule has 0 radical (unpaired) electrons. The predicted octanol–water partition coefficient (Wildman–Crippen LogP) is 1.76. The molecular formula is C18H26ClFN4O. The summed E-state index contributed by atoms with van der Waals surface area (Å²) in [7, 11) is 0. The molecule has 3 aliphatic rings. The molecule has 3 N–H and O–H groups in total. The van der Waals surface area contributed by atoms with Gasteiger partial charge in [-0.2, -0.15) is 0 Å². The van der Waals surface area contributed by atoms with Crippen LogP contribution in [0.25, 0.3) is 0 Å². The molecule has 4 rings (SSSR count). The maximum Gasteiger partial charge on any atom is 0.241 e. The highest BCUT2D eigenvalue weighted by Gasteiger charge is 2.40. The maximum atomic E-state index is 13.0. The molecule has 7 heteroatoms. The van der Waals surface area contributed by atoms with E-state index in [4.69, 9.17) is 0 Å². The van der Waals surface area contributed by atoms with Gasteiger partial charge in [0.25, 0.3) is 0 Å². The van der Waals surface area contributed by atoms with E-state index >= 15 is 0 Å². The van der Waals surface area contributed by atoms with Gasteiger partial charge in [-0.1, -0.05) is 12.1 Å². The summed E-state index contributed by atoms with van der Waals surface area (Å²) in [5, 5.41) is 3.46. The van der Waals surface area contributed by atoms with Crippen LogP contribution < -0.4 is 16.2 Å². The topological polar surface area (TPSA) is 56.4 Å². The molecule has 1 aromatic rings. The zero-order valence-electron chi connectivity index (χ0n) is 14.3. The molecule has 0 bridgehead atoms. The minimum Gasteiger partial charge on any atom is -0.341 e. The summed E-state index contributed by atoms with van der Waals surface area (Å²) in [6.07, 6.45) is 4.15. The lowest BCUT2D eigenvalue weighted by molar-refractivity contribution is -0.135. The first kappa shape index (κ1) is 18.6. The number of piperidine rings is 1. The second-order valence-corrected chi connectivity index (χ2v) is 7.43. The minimum atomic E-state index is -0.235. The van der Waals surface area contributed by atoms with Crippen LogP contribution in [0.4, 0.5) is 4.39 Å². The first-order chi connectivity index (χ1) is 11.7. The number of amides is 1. The summed E-state index contributed by atoms with van der Waals surface area (Å²) in [6, 6.07) is 6.33. The lowest BCUT2D eigenvalue weighted by Crippen LogP contribution is -2.50. The van der Waals surface area contributed by atoms with Crippen LogP contribution in [0.2, 0.25) is 0 Å². The minimum absolute atomic E-state index is 0. The Morgan fingerprint density at radius 1 is 1.12 bits per heavy atom. The number of hydrogen-bond acceptors (Lipinski definition) is 4. The molecule has 3 aliphatic heterocycles. The van der Waals surface area contributed by atoms with Crippen molar-refractivity contribution in [1.29, 1.82) is 0 Å². The van der Waals surface area contributed by atoms with Crippen molar-refractivity contribution in [2.24, 2.45) is 5.41 Å². The lowest BCUT2D eigenvalue weighted by Gasteiger charge is -2.39. The van der Waals surface area contributed by atoms with Gasteiger partial charge in [-0.3, -0.25) is 4.79 Å². The Bertz CT molecular complexity index is 596. The van der Waals surface area contributed by atoms with Gasteiger partial charge in [0.05, 0.1) is 0 Å². The number of hydrazine groups is 1. The number of likely N-dealkylation sites (tertiary alicyclic amines) is 1. The van der Waals surface area contributed by atoms with E-state index in [0.717, 1.165) is 44.6 Å². The quantitative estimate of drug-likeness (QED) is 0.744. The molecule has 3 saturated heterocycles. The van der Waals surface area contributed by atoms with Gasteiger partial charge in [-0.25, -0.2) is 15.2 Å². The van der Waals surface area contributed by atoms with Crippen molar-refractivity contribution in [2.75, 3.05) is 26.2 Å². The zero-order valence-corrected chi connectivity index (χ0v) is 15.1. The van der Waals surface area contributed by atoms with Crippen molar-refractivity contribution in [3.63, 3.8) is 0 Å². The van der Waals surface area contributed by atoms with Crippen molar-refractivity contribution < 1.29 is 9.18 Å². The number of nitrogens with zero attached hydrogens (tertiary/aromatic N) is 1. The smallest absolute Gasteiger partial charge is 0.241 e. The van der Waals surface area contributed by atoms with Gasteiger partial charge in [-0.15, -0.1) is 12.4 Å². The third-order valence-electron chi connectivity index (χ3n) is 5.94. The number of nitrogens with one attached hydrogen (secondary N) is 3. The number of rotatable bonds is 2. The van der Waals surface area contributed by atoms with E-state index in [1.807, 2.05) is 4.90 Å². The van der Waals surface area contributed by atoms with Gasteiger partial charge in [0.1, 0.15) is 11.9 Å². The van der Waals surface area contributed by atoms with E-state index in [1.165, 1.54) is 18.6 Å². The van der Waals surface area contributed by atoms with Crippen LogP contribution >= 0.6 is 12.4 Å². The largest absolute Gasteiger partial charge is 0.341 e. The van der Waals surface area contributed by atoms with Gasteiger partial charge in [0.15, 0.2) is 0 Å². The number of carbonyl (C=O) groups is 1. The average molecular weight is 369 g/mol. The predicted molar refractivity (Wildman–Crippen MR) is 96.8 cm³/mol. The van der Waals surface area contributed by atoms with E-state index in [-0.39, 0.29) is 36.2 Å². The fourth-order valence-electron chi connectivity index (χ4n) is 4.28. The Hall–Kier alpha value is -1.21. The van der Waals surface area contributed by atoms with E-state index in [0.29, 0.717) is 11.8 Å². The summed E-state index contributed by atoms with van der Waals surface area (Å²) >= 11 is 0. The van der Waals surface area contributed by atoms with Crippen LogP contribution in [-0.2, 0) is 4.79 Å². The molecule has 2 atom stereocenters. The standard InChI is InChI=1S/C18H25FN4O.ClH/c19-14-3-1-13(2-4-14)15-11-16(22-21-15)17(24)23-9-6-18(7-10-23)5-8-20-12-18;/h1-4,15-16,20-22H,5-12H2;1H. The number of hydrogen-bond donors (Lipinski definition) is 3. The van der Waals surface area contributed by atoms with Crippen LogP contribution in [-0.4, -0.2) is 43.0 Å². The third kappa shape index (κ3) is 3.82. The molecule has 0 saturated carbocycles. The van der Waals surface area contributed by atoms with Crippen LogP contribution in [0.3, 0.4) is 0 Å². The van der Waals surface area contributed by atoms with Gasteiger partial charge < -0.3 is 10.2 Å². The first-order valence-electron chi connectivity index (χ1n) is 8.91. The van der Waals surface area contributed by atoms with E-state index < -0.39 is 0 Å². The zero-order chi connectivity index (χ0) is 16.6. The third-order valence-corrected chi connectivity index (χ3v) is 5.94. The maximum absolute atomic E-state index is 13.0. The van der Waals surface area contributed by atoms with Crippen LogP contribution in [0.15, 0.2) is 24.3 Å². The van der Waals surface area contributed by atoms with Crippen LogP contribution in [0.5, 0.6) is 0 Å². The highest BCUT2D eigenvalue weighted by atomic mass is 35.5. The Morgan fingerprint density at radius 2 is 1.84 bits per heavy atom. The van der Waals surface area contributed by atoms with Gasteiger partial charge in [0, 0.05) is 25.7 Å². The van der Waals surface area contributed by atoms with E-state index in [2.05, 4.69) is 16.2 Å². The van der Waals surface area contributed by atoms with Crippen LogP contribution in [0, 0.1) is 11.2 Å². The molecule has 138 valence electrons. The Kier molecular flexibility index (Phi) is 5.63. The Labute approximate surface area is 154 Å². The summed E-state index contributed by atoms with van der Waals surface area (Å²) in [5.74, 6) is -0.0473. The summed E-state index contributed by atoms with van der Waals surface area (Å²) in [5.41, 5.74) is 7.75. The normalized spacial score (nSPS) is 28.1. The SMILES string of the molecule is Cl.O=C(C1CC(c2ccc(F)cc2)NN1)N1CCC2(CCNC2)CC1. The molecule has 1 amide bonds. The lowest BCUT2D eigenvalue weighted by atomic mass is 9.77. The monoisotopic (exact) mass is 368 g/mol. The molecule has 0 aliphatic carbocycles. The highest BCUT2D eigenvalue weighted by Crippen LogP contribution is 2.37. The van der Waals surface area contributed by atoms with Crippen molar-refractivity contribution in [3.05, 3.63) is 35.6 Å². The molecule has 0 aromatic heterocycles.